The summed E-state index contributed by atoms with van der Waals surface area (Å²) in [4.78, 5) is 0. The van der Waals surface area contributed by atoms with Crippen molar-refractivity contribution in [3.8, 4) is 0 Å². The van der Waals surface area contributed by atoms with E-state index in [0.29, 0.717) is 11.3 Å². The summed E-state index contributed by atoms with van der Waals surface area (Å²) in [6.07, 6.45) is 19.2. The Morgan fingerprint density at radius 2 is 1.50 bits per heavy atom. The van der Waals surface area contributed by atoms with Gasteiger partial charge in [-0.05, 0) is 50.4 Å². The zero-order valence-electron chi connectivity index (χ0n) is 14.5. The average molecular weight is 306 g/mol. The second-order valence-corrected chi connectivity index (χ2v) is 8.53. The van der Waals surface area contributed by atoms with Crippen molar-refractivity contribution in [1.29, 1.82) is 0 Å². The van der Waals surface area contributed by atoms with Gasteiger partial charge in [0.25, 0.3) is 0 Å². The van der Waals surface area contributed by atoms with E-state index in [2.05, 4.69) is 12.1 Å². The van der Waals surface area contributed by atoms with Gasteiger partial charge in [-0.15, -0.1) is 0 Å². The summed E-state index contributed by atoms with van der Waals surface area (Å²) >= 11 is 0. The maximum atomic E-state index is 9.57. The van der Waals surface area contributed by atoms with Crippen LogP contribution in [0.2, 0.25) is 0 Å². The molecule has 0 spiro atoms. The molecule has 0 aromatic carbocycles. The van der Waals surface area contributed by atoms with E-state index in [0.717, 1.165) is 11.8 Å². The highest BCUT2D eigenvalue weighted by Gasteiger charge is 2.55. The number of rotatable bonds is 9. The Balaban J connectivity index is 1.43. The molecule has 0 aliphatic heterocycles. The Hall–Kier alpha value is -0.530. The molecule has 4 aliphatic rings. The molecule has 2 heteroatoms. The van der Waals surface area contributed by atoms with Crippen LogP contribution in [0.1, 0.15) is 96.8 Å². The quantitative estimate of drug-likeness (QED) is 0.308. The van der Waals surface area contributed by atoms with Crippen LogP contribution in [0, 0.1) is 23.2 Å². The van der Waals surface area contributed by atoms with Crippen molar-refractivity contribution in [1.82, 2.24) is 0 Å². The van der Waals surface area contributed by atoms with Gasteiger partial charge in [0.15, 0.2) is 0 Å². The van der Waals surface area contributed by atoms with Crippen LogP contribution >= 0.6 is 0 Å². The lowest BCUT2D eigenvalue weighted by Crippen LogP contribution is -2.53. The van der Waals surface area contributed by atoms with Crippen LogP contribution < -0.4 is 0 Å². The molecule has 4 fully saturated rings. The number of unbranched alkanes of at least 4 members (excludes halogenated alkanes) is 7. The van der Waals surface area contributed by atoms with Crippen LogP contribution in [0.4, 0.5) is 0 Å². The molecule has 0 amide bonds. The Bertz CT molecular complexity index is 375. The fourth-order valence-corrected chi connectivity index (χ4v) is 6.07. The molecule has 4 bridgehead atoms. The first-order chi connectivity index (χ1) is 10.8. The minimum atomic E-state index is 0.311. The van der Waals surface area contributed by atoms with Crippen LogP contribution in [0.25, 0.3) is 0 Å². The van der Waals surface area contributed by atoms with Gasteiger partial charge >= 0.3 is 0 Å². The van der Waals surface area contributed by atoms with Gasteiger partial charge < -0.3 is 5.21 Å². The van der Waals surface area contributed by atoms with E-state index in [1.807, 2.05) is 0 Å². The van der Waals surface area contributed by atoms with E-state index in [9.17, 15) is 5.21 Å². The molecule has 2 nitrogen and oxygen atoms in total. The summed E-state index contributed by atoms with van der Waals surface area (Å²) in [6.45, 7) is 2.28. The molecule has 1 N–H and O–H groups in total. The molecule has 4 atom stereocenters. The molecule has 2 unspecified atom stereocenters. The van der Waals surface area contributed by atoms with Crippen molar-refractivity contribution in [2.75, 3.05) is 0 Å². The lowest BCUT2D eigenvalue weighted by Gasteiger charge is -2.57. The summed E-state index contributed by atoms with van der Waals surface area (Å²) in [5.41, 5.74) is 1.52. The number of hydrogen-bond donors (Lipinski definition) is 1. The Morgan fingerprint density at radius 1 is 0.909 bits per heavy atom. The molecular formula is C20H35NO. The molecular weight excluding hydrogens is 270 g/mol. The molecule has 0 aromatic rings. The van der Waals surface area contributed by atoms with Crippen molar-refractivity contribution in [3.63, 3.8) is 0 Å². The third-order valence-electron chi connectivity index (χ3n) is 6.81. The minimum Gasteiger partial charge on any atom is -0.411 e. The first-order valence-electron chi connectivity index (χ1n) is 10.00. The Labute approximate surface area is 136 Å². The maximum absolute atomic E-state index is 9.57. The first-order valence-corrected chi connectivity index (χ1v) is 10.00. The predicted molar refractivity (Wildman–Crippen MR) is 92.4 cm³/mol. The van der Waals surface area contributed by atoms with Gasteiger partial charge in [0, 0.05) is 11.3 Å². The van der Waals surface area contributed by atoms with E-state index in [4.69, 9.17) is 0 Å². The smallest absolute Gasteiger partial charge is 0.0663 e. The first kappa shape index (κ1) is 16.3. The van der Waals surface area contributed by atoms with Crippen LogP contribution in [-0.2, 0) is 0 Å². The highest BCUT2D eigenvalue weighted by Crippen LogP contribution is 2.60. The Morgan fingerprint density at radius 3 is 2.09 bits per heavy atom. The molecule has 4 aliphatic carbocycles. The zero-order chi connectivity index (χ0) is 15.4. The van der Waals surface area contributed by atoms with E-state index >= 15 is 0 Å². The highest BCUT2D eigenvalue weighted by molar-refractivity contribution is 5.93. The second-order valence-electron chi connectivity index (χ2n) is 8.53. The average Bonchev–Trinajstić information content (AvgIpc) is 2.49. The highest BCUT2D eigenvalue weighted by atomic mass is 16.4. The minimum absolute atomic E-state index is 0.311. The number of hydrogen-bond acceptors (Lipinski definition) is 2. The van der Waals surface area contributed by atoms with E-state index < -0.39 is 0 Å². The van der Waals surface area contributed by atoms with Gasteiger partial charge in [0.1, 0.15) is 0 Å². The third kappa shape index (κ3) is 3.36. The lowest BCUT2D eigenvalue weighted by molar-refractivity contribution is 0.0358. The zero-order valence-corrected chi connectivity index (χ0v) is 14.5. The maximum Gasteiger partial charge on any atom is 0.0663 e. The van der Waals surface area contributed by atoms with Crippen molar-refractivity contribution >= 4 is 5.71 Å². The summed E-state index contributed by atoms with van der Waals surface area (Å²) in [6, 6.07) is 0. The van der Waals surface area contributed by atoms with Gasteiger partial charge in [-0.25, -0.2) is 0 Å². The van der Waals surface area contributed by atoms with Crippen LogP contribution in [0.5, 0.6) is 0 Å². The number of oxime groups is 1. The summed E-state index contributed by atoms with van der Waals surface area (Å²) in [5.74, 6) is 2.51. The predicted octanol–water partition coefficient (Wildman–Crippen LogP) is 6.17. The van der Waals surface area contributed by atoms with Gasteiger partial charge in [0.2, 0.25) is 0 Å². The molecule has 0 heterocycles. The molecule has 4 rings (SSSR count). The van der Waals surface area contributed by atoms with Gasteiger partial charge in [-0.2, -0.15) is 0 Å². The second kappa shape index (κ2) is 7.36. The van der Waals surface area contributed by atoms with Gasteiger partial charge in [0.05, 0.1) is 5.71 Å². The SMILES string of the molecule is CCCCCCCCCCC12C[C@@H]3CC(C[C@@H](C3)C1)/C2=N\O. The standard InChI is InChI=1S/C20H35NO/c1-2-3-4-5-6-7-8-9-10-20-14-16-11-17(15-20)13-18(12-16)19(20)21-22/h16-18,22H,2-15H2,1H3/b21-19+/t16-,17+,18?,20?. The van der Waals surface area contributed by atoms with E-state index in [-0.39, 0.29) is 0 Å². The largest absolute Gasteiger partial charge is 0.411 e. The van der Waals surface area contributed by atoms with Crippen molar-refractivity contribution in [2.24, 2.45) is 28.3 Å². The molecule has 4 saturated carbocycles. The molecule has 126 valence electrons. The van der Waals surface area contributed by atoms with Crippen LogP contribution in [-0.4, -0.2) is 10.9 Å². The van der Waals surface area contributed by atoms with Gasteiger partial charge in [-0.3, -0.25) is 0 Å². The summed E-state index contributed by atoms with van der Waals surface area (Å²) in [7, 11) is 0. The van der Waals surface area contributed by atoms with Crippen molar-refractivity contribution < 1.29 is 5.21 Å². The van der Waals surface area contributed by atoms with E-state index in [1.165, 1.54) is 95.6 Å². The fourth-order valence-electron chi connectivity index (χ4n) is 6.07. The normalized spacial score (nSPS) is 38.0. The molecule has 0 saturated heterocycles. The lowest BCUT2D eigenvalue weighted by atomic mass is 9.47. The van der Waals surface area contributed by atoms with Gasteiger partial charge in [-0.1, -0.05) is 63.4 Å². The van der Waals surface area contributed by atoms with Crippen LogP contribution in [0.3, 0.4) is 0 Å². The Kier molecular flexibility index (Phi) is 5.46. The molecule has 22 heavy (non-hydrogen) atoms. The topological polar surface area (TPSA) is 32.6 Å². The number of nitrogens with zero attached hydrogens (tertiary/aromatic N) is 1. The molecule has 0 radical (unpaired) electrons. The van der Waals surface area contributed by atoms with Crippen molar-refractivity contribution in [3.05, 3.63) is 0 Å². The fraction of sp³-hybridized carbons (Fsp3) is 0.950. The van der Waals surface area contributed by atoms with E-state index in [1.54, 1.807) is 0 Å². The molecule has 0 aromatic heterocycles. The summed E-state index contributed by atoms with van der Waals surface area (Å²) in [5, 5.41) is 13.4. The summed E-state index contributed by atoms with van der Waals surface area (Å²) < 4.78 is 0. The van der Waals surface area contributed by atoms with Crippen LogP contribution in [0.15, 0.2) is 5.16 Å². The third-order valence-corrected chi connectivity index (χ3v) is 6.81. The monoisotopic (exact) mass is 305 g/mol. The van der Waals surface area contributed by atoms with Crippen molar-refractivity contribution in [2.45, 2.75) is 96.8 Å².